The first-order chi connectivity index (χ1) is 26.4. The number of phenolic OH excluding ortho intramolecular Hbond substituents is 4. The van der Waals surface area contributed by atoms with Gasteiger partial charge in [-0.05, 0) is 128 Å². The van der Waals surface area contributed by atoms with Crippen molar-refractivity contribution in [2.75, 3.05) is 0 Å². The zero-order valence-electron chi connectivity index (χ0n) is 29.6. The minimum Gasteiger partial charge on any atom is -0.508 e. The molecule has 4 nitrogen and oxygen atoms in total. The first kappa shape index (κ1) is 32.2. The second-order valence-electron chi connectivity index (χ2n) is 14.9. The number of fused-ring (bicyclic) bond motifs is 8. The molecule has 4 heteroatoms. The summed E-state index contributed by atoms with van der Waals surface area (Å²) < 4.78 is 0. The lowest BCUT2D eigenvalue weighted by molar-refractivity contribution is 0.467. The monoisotopic (exact) mass is 702 g/mol. The topological polar surface area (TPSA) is 80.9 Å². The molecule has 0 amide bonds. The molecule has 0 unspecified atom stereocenters. The average molecular weight is 703 g/mol. The van der Waals surface area contributed by atoms with Gasteiger partial charge in [0.15, 0.2) is 0 Å². The van der Waals surface area contributed by atoms with E-state index in [-0.39, 0.29) is 23.0 Å². The fourth-order valence-corrected chi connectivity index (χ4v) is 10.2. The van der Waals surface area contributed by atoms with Crippen molar-refractivity contribution >= 4 is 21.5 Å². The van der Waals surface area contributed by atoms with Crippen LogP contribution in [0.25, 0.3) is 43.8 Å². The standard InChI is InChI=1S/C50H38O4/c51-31-19-21-37-39(29-31)45(23-25-47(37)53)49(41-15-5-1-11-33(41)34-12-2-6-16-42(34)49)27-9-10-28-50(46-24-26-48(54)38-22-20-32(52)30-40(38)46)43-17-7-3-13-35(43)36-14-4-8-18-44(36)50/h1-8,11-26,29-30,51-54H,9-10,27-28H2. The van der Waals surface area contributed by atoms with Gasteiger partial charge in [-0.3, -0.25) is 0 Å². The summed E-state index contributed by atoms with van der Waals surface area (Å²) in [5, 5.41) is 46.8. The summed E-state index contributed by atoms with van der Waals surface area (Å²) >= 11 is 0. The fraction of sp³-hybridized carbons (Fsp3) is 0.120. The minimum atomic E-state index is -0.539. The Labute approximate surface area is 313 Å². The van der Waals surface area contributed by atoms with Crippen LogP contribution >= 0.6 is 0 Å². The predicted molar refractivity (Wildman–Crippen MR) is 217 cm³/mol. The van der Waals surface area contributed by atoms with Crippen molar-refractivity contribution in [3.8, 4) is 45.3 Å². The van der Waals surface area contributed by atoms with Gasteiger partial charge in [0, 0.05) is 21.6 Å². The van der Waals surface area contributed by atoms with Crippen molar-refractivity contribution in [2.24, 2.45) is 0 Å². The highest BCUT2D eigenvalue weighted by Gasteiger charge is 2.47. The van der Waals surface area contributed by atoms with Gasteiger partial charge in [-0.15, -0.1) is 0 Å². The highest BCUT2D eigenvalue weighted by atomic mass is 16.3. The van der Waals surface area contributed by atoms with Crippen molar-refractivity contribution in [2.45, 2.75) is 36.5 Å². The first-order valence-electron chi connectivity index (χ1n) is 18.7. The van der Waals surface area contributed by atoms with E-state index >= 15 is 0 Å². The van der Waals surface area contributed by atoms with Crippen molar-refractivity contribution in [1.82, 2.24) is 0 Å². The summed E-state index contributed by atoms with van der Waals surface area (Å²) in [6, 6.07) is 52.9. The number of hydrogen-bond acceptors (Lipinski definition) is 4. The lowest BCUT2D eigenvalue weighted by Gasteiger charge is -2.36. The van der Waals surface area contributed by atoms with Crippen LogP contribution in [-0.2, 0) is 10.8 Å². The molecule has 0 fully saturated rings. The Morgan fingerprint density at radius 3 is 1.00 bits per heavy atom. The fourth-order valence-electron chi connectivity index (χ4n) is 10.2. The molecule has 0 radical (unpaired) electrons. The van der Waals surface area contributed by atoms with Crippen LogP contribution in [0.2, 0.25) is 0 Å². The van der Waals surface area contributed by atoms with E-state index in [2.05, 4.69) is 109 Å². The zero-order chi connectivity index (χ0) is 36.6. The second-order valence-corrected chi connectivity index (χ2v) is 14.9. The van der Waals surface area contributed by atoms with E-state index in [1.807, 2.05) is 12.1 Å². The molecule has 2 aliphatic rings. The molecule has 0 saturated carbocycles. The Morgan fingerprint density at radius 2 is 0.648 bits per heavy atom. The Bertz CT molecular complexity index is 2510. The number of phenols is 4. The molecular formula is C50H38O4. The predicted octanol–water partition coefficient (Wildman–Crippen LogP) is 11.7. The van der Waals surface area contributed by atoms with Crippen molar-refractivity contribution in [3.05, 3.63) is 191 Å². The van der Waals surface area contributed by atoms with E-state index in [1.165, 1.54) is 44.5 Å². The van der Waals surface area contributed by atoms with Crippen LogP contribution in [0.1, 0.15) is 59.1 Å². The third kappa shape index (κ3) is 4.43. The van der Waals surface area contributed by atoms with E-state index in [4.69, 9.17) is 0 Å². The molecule has 8 aromatic rings. The van der Waals surface area contributed by atoms with Gasteiger partial charge in [0.1, 0.15) is 23.0 Å². The average Bonchev–Trinajstić information content (AvgIpc) is 3.65. The lowest BCUT2D eigenvalue weighted by atomic mass is 9.65. The third-order valence-electron chi connectivity index (χ3n) is 12.4. The SMILES string of the molecule is Oc1ccc2c(O)ccc(C3(CCCCC4(c5ccc(O)c6ccc(O)cc56)c5ccccc5-c5ccccc54)c4ccccc4-c4ccccc43)c2c1. The molecular weight excluding hydrogens is 665 g/mol. The summed E-state index contributed by atoms with van der Waals surface area (Å²) in [7, 11) is 0. The van der Waals surface area contributed by atoms with E-state index in [0.29, 0.717) is 10.8 Å². The van der Waals surface area contributed by atoms with Crippen LogP contribution < -0.4 is 0 Å². The number of benzene rings is 8. The van der Waals surface area contributed by atoms with Crippen molar-refractivity contribution < 1.29 is 20.4 Å². The molecule has 0 spiro atoms. The second kappa shape index (κ2) is 12.0. The van der Waals surface area contributed by atoms with E-state index in [0.717, 1.165) is 47.6 Å². The van der Waals surface area contributed by atoms with Crippen LogP contribution in [0.4, 0.5) is 0 Å². The summed E-state index contributed by atoms with van der Waals surface area (Å²) in [5.41, 5.74) is 10.8. The van der Waals surface area contributed by atoms with Gasteiger partial charge >= 0.3 is 0 Å². The van der Waals surface area contributed by atoms with Gasteiger partial charge in [0.05, 0.1) is 0 Å². The van der Waals surface area contributed by atoms with Crippen molar-refractivity contribution in [1.29, 1.82) is 0 Å². The van der Waals surface area contributed by atoms with Crippen LogP contribution in [0.15, 0.2) is 158 Å². The maximum atomic E-state index is 11.0. The van der Waals surface area contributed by atoms with Crippen LogP contribution in [0.5, 0.6) is 23.0 Å². The summed E-state index contributed by atoms with van der Waals surface area (Å²) in [5.74, 6) is 0.709. The Kier molecular flexibility index (Phi) is 7.15. The Morgan fingerprint density at radius 1 is 0.315 bits per heavy atom. The maximum absolute atomic E-state index is 11.0. The molecule has 0 aliphatic heterocycles. The van der Waals surface area contributed by atoms with Gasteiger partial charge in [-0.25, -0.2) is 0 Å². The highest BCUT2D eigenvalue weighted by Crippen LogP contribution is 2.59. The Hall–Kier alpha value is -6.52. The lowest BCUT2D eigenvalue weighted by Crippen LogP contribution is -2.29. The first-order valence-corrected chi connectivity index (χ1v) is 18.7. The van der Waals surface area contributed by atoms with Crippen LogP contribution in [-0.4, -0.2) is 20.4 Å². The van der Waals surface area contributed by atoms with Crippen LogP contribution in [0.3, 0.4) is 0 Å². The summed E-state index contributed by atoms with van der Waals surface area (Å²) in [4.78, 5) is 0. The van der Waals surface area contributed by atoms with Gasteiger partial charge in [0.25, 0.3) is 0 Å². The molecule has 0 saturated heterocycles. The van der Waals surface area contributed by atoms with Gasteiger partial charge in [-0.2, -0.15) is 0 Å². The van der Waals surface area contributed by atoms with Gasteiger partial charge in [0.2, 0.25) is 0 Å². The third-order valence-corrected chi connectivity index (χ3v) is 12.4. The number of hydrogen-bond donors (Lipinski definition) is 4. The van der Waals surface area contributed by atoms with E-state index in [9.17, 15) is 20.4 Å². The maximum Gasteiger partial charge on any atom is 0.123 e. The largest absolute Gasteiger partial charge is 0.508 e. The summed E-state index contributed by atoms with van der Waals surface area (Å²) in [6.07, 6.45) is 3.34. The van der Waals surface area contributed by atoms with E-state index < -0.39 is 10.8 Å². The molecule has 262 valence electrons. The quantitative estimate of drug-likeness (QED) is 0.125. The highest BCUT2D eigenvalue weighted by molar-refractivity contribution is 5.97. The smallest absolute Gasteiger partial charge is 0.123 e. The molecule has 2 aliphatic carbocycles. The number of rotatable bonds is 7. The molecule has 8 aromatic carbocycles. The van der Waals surface area contributed by atoms with Crippen LogP contribution in [0, 0.1) is 0 Å². The number of unbranched alkanes of at least 4 members (excludes halogenated alkanes) is 1. The molecule has 10 rings (SSSR count). The van der Waals surface area contributed by atoms with Gasteiger partial charge in [-0.1, -0.05) is 122 Å². The van der Waals surface area contributed by atoms with Crippen molar-refractivity contribution in [3.63, 3.8) is 0 Å². The van der Waals surface area contributed by atoms with Gasteiger partial charge < -0.3 is 20.4 Å². The number of aromatic hydroxyl groups is 4. The Balaban J connectivity index is 1.14. The normalized spacial score (nSPS) is 14.4. The molecule has 0 bridgehead atoms. The zero-order valence-corrected chi connectivity index (χ0v) is 29.6. The molecule has 0 atom stereocenters. The molecule has 54 heavy (non-hydrogen) atoms. The molecule has 4 N–H and O–H groups in total. The summed E-state index contributed by atoms with van der Waals surface area (Å²) in [6.45, 7) is 0. The molecule has 0 aromatic heterocycles. The van der Waals surface area contributed by atoms with E-state index in [1.54, 1.807) is 36.4 Å². The molecule has 0 heterocycles. The minimum absolute atomic E-state index is 0.164.